The van der Waals surface area contributed by atoms with Crippen molar-refractivity contribution in [2.45, 2.75) is 24.9 Å². The second-order valence-corrected chi connectivity index (χ2v) is 10.9. The van der Waals surface area contributed by atoms with Crippen molar-refractivity contribution in [2.75, 3.05) is 4.90 Å². The van der Waals surface area contributed by atoms with E-state index in [1.54, 1.807) is 43.3 Å². The predicted octanol–water partition coefficient (Wildman–Crippen LogP) is 6.12. The fourth-order valence-corrected chi connectivity index (χ4v) is 6.31. The Labute approximate surface area is 233 Å². The number of amides is 2. The maximum atomic E-state index is 14.0. The molecule has 0 saturated carbocycles. The van der Waals surface area contributed by atoms with E-state index in [9.17, 15) is 19.5 Å². The lowest BCUT2D eigenvalue weighted by Gasteiger charge is -2.31. The standard InChI is InChI=1S/C27H20Cl4N2O4/c1-13-7-8-16(11-18(13)29)33-24(34)20-21(25(33)35)27(26(36)37,12-14-5-3-2-4-6-14)32-23(20)17-9-15(28)10-19(30)22(17)31/h2-11,20-21,23,32H,12H2,1H3,(H,36,37). The summed E-state index contributed by atoms with van der Waals surface area (Å²) in [4.78, 5) is 42.0. The van der Waals surface area contributed by atoms with Crippen LogP contribution in [-0.2, 0) is 20.8 Å². The normalized spacial score (nSPS) is 25.0. The number of benzene rings is 3. The van der Waals surface area contributed by atoms with Crippen molar-refractivity contribution in [3.05, 3.63) is 97.4 Å². The fourth-order valence-electron chi connectivity index (χ4n) is 5.40. The Morgan fingerprint density at radius 1 is 0.973 bits per heavy atom. The van der Waals surface area contributed by atoms with Gasteiger partial charge in [0.25, 0.3) is 0 Å². The Hall–Kier alpha value is -2.61. The molecule has 190 valence electrons. The molecule has 10 heteroatoms. The van der Waals surface area contributed by atoms with E-state index in [2.05, 4.69) is 5.32 Å². The minimum atomic E-state index is -1.81. The van der Waals surface area contributed by atoms with E-state index in [0.717, 1.165) is 10.5 Å². The van der Waals surface area contributed by atoms with E-state index in [4.69, 9.17) is 46.4 Å². The Balaban J connectivity index is 1.71. The number of carboxylic acids is 1. The first-order valence-corrected chi connectivity index (χ1v) is 12.9. The molecule has 2 N–H and O–H groups in total. The highest BCUT2D eigenvalue weighted by Gasteiger charge is 2.68. The van der Waals surface area contributed by atoms with Gasteiger partial charge in [-0.3, -0.25) is 19.7 Å². The van der Waals surface area contributed by atoms with E-state index in [-0.39, 0.29) is 27.2 Å². The molecule has 2 aliphatic heterocycles. The highest BCUT2D eigenvalue weighted by molar-refractivity contribution is 6.43. The molecule has 2 fully saturated rings. The zero-order valence-electron chi connectivity index (χ0n) is 19.3. The van der Waals surface area contributed by atoms with Gasteiger partial charge in [-0.25, -0.2) is 4.90 Å². The maximum absolute atomic E-state index is 14.0. The summed E-state index contributed by atoms with van der Waals surface area (Å²) >= 11 is 25.4. The van der Waals surface area contributed by atoms with E-state index in [1.807, 2.05) is 6.07 Å². The van der Waals surface area contributed by atoms with Gasteiger partial charge in [-0.05, 0) is 47.9 Å². The van der Waals surface area contributed by atoms with Crippen molar-refractivity contribution in [1.82, 2.24) is 5.32 Å². The van der Waals surface area contributed by atoms with Crippen LogP contribution in [-0.4, -0.2) is 28.4 Å². The Morgan fingerprint density at radius 2 is 1.68 bits per heavy atom. The second-order valence-electron chi connectivity index (χ2n) is 9.30. The Bertz CT molecular complexity index is 1450. The zero-order valence-corrected chi connectivity index (χ0v) is 22.4. The van der Waals surface area contributed by atoms with E-state index in [0.29, 0.717) is 16.1 Å². The molecule has 0 radical (unpaired) electrons. The van der Waals surface area contributed by atoms with Crippen LogP contribution in [0.4, 0.5) is 5.69 Å². The molecular weight excluding hydrogens is 558 g/mol. The molecule has 5 rings (SSSR count). The lowest BCUT2D eigenvalue weighted by molar-refractivity contribution is -0.148. The molecule has 2 aliphatic rings. The van der Waals surface area contributed by atoms with Crippen molar-refractivity contribution in [2.24, 2.45) is 11.8 Å². The first-order chi connectivity index (χ1) is 17.5. The van der Waals surface area contributed by atoms with Gasteiger partial charge in [-0.15, -0.1) is 0 Å². The summed E-state index contributed by atoms with van der Waals surface area (Å²) in [7, 11) is 0. The number of hydrogen-bond acceptors (Lipinski definition) is 4. The lowest BCUT2D eigenvalue weighted by atomic mass is 9.76. The number of anilines is 1. The van der Waals surface area contributed by atoms with Crippen LogP contribution in [0.2, 0.25) is 20.1 Å². The van der Waals surface area contributed by atoms with Crippen LogP contribution in [0.5, 0.6) is 0 Å². The third-order valence-electron chi connectivity index (χ3n) is 7.13. The van der Waals surface area contributed by atoms with Gasteiger partial charge in [0.2, 0.25) is 11.8 Å². The second kappa shape index (κ2) is 9.61. The number of halogens is 4. The van der Waals surface area contributed by atoms with Crippen LogP contribution in [0.25, 0.3) is 0 Å². The van der Waals surface area contributed by atoms with Crippen molar-refractivity contribution in [3.8, 4) is 0 Å². The molecule has 4 unspecified atom stereocenters. The average molecular weight is 578 g/mol. The van der Waals surface area contributed by atoms with Crippen molar-refractivity contribution < 1.29 is 19.5 Å². The molecule has 2 heterocycles. The van der Waals surface area contributed by atoms with E-state index >= 15 is 0 Å². The molecule has 6 nitrogen and oxygen atoms in total. The first kappa shape index (κ1) is 26.0. The summed E-state index contributed by atoms with van der Waals surface area (Å²) < 4.78 is 0. The molecule has 0 aliphatic carbocycles. The van der Waals surface area contributed by atoms with Crippen LogP contribution >= 0.6 is 46.4 Å². The molecule has 0 spiro atoms. The predicted molar refractivity (Wildman–Crippen MR) is 144 cm³/mol. The van der Waals surface area contributed by atoms with Crippen LogP contribution in [0.1, 0.15) is 22.7 Å². The van der Waals surface area contributed by atoms with Crippen LogP contribution in [0, 0.1) is 18.8 Å². The summed E-state index contributed by atoms with van der Waals surface area (Å²) in [5.41, 5.74) is 0.256. The zero-order chi connectivity index (χ0) is 26.6. The molecule has 3 aromatic rings. The highest BCUT2D eigenvalue weighted by atomic mass is 35.5. The van der Waals surface area contributed by atoms with Gasteiger partial charge >= 0.3 is 5.97 Å². The third kappa shape index (κ3) is 4.21. The number of nitrogens with one attached hydrogen (secondary N) is 1. The number of carbonyl (C=O) groups excluding carboxylic acids is 2. The summed E-state index contributed by atoms with van der Waals surface area (Å²) in [6, 6.07) is 15.8. The van der Waals surface area contributed by atoms with Gasteiger partial charge in [0.05, 0.1) is 27.6 Å². The van der Waals surface area contributed by atoms with E-state index < -0.39 is 41.2 Å². The number of aryl methyl sites for hydroxylation is 1. The number of imide groups is 1. The van der Waals surface area contributed by atoms with Gasteiger partial charge in [0.1, 0.15) is 5.54 Å². The van der Waals surface area contributed by atoms with Crippen LogP contribution in [0.3, 0.4) is 0 Å². The number of nitrogens with zero attached hydrogens (tertiary/aromatic N) is 1. The quantitative estimate of drug-likeness (QED) is 0.281. The summed E-state index contributed by atoms with van der Waals surface area (Å²) in [5.74, 6) is -4.78. The van der Waals surface area contributed by atoms with E-state index in [1.165, 1.54) is 18.2 Å². The molecule has 37 heavy (non-hydrogen) atoms. The Kier molecular flexibility index (Phi) is 6.75. The number of carbonyl (C=O) groups is 3. The average Bonchev–Trinajstić information content (AvgIpc) is 3.33. The molecule has 2 saturated heterocycles. The number of carboxylic acid groups (broad SMARTS) is 1. The molecule has 0 bridgehead atoms. The molecule has 0 aromatic heterocycles. The Morgan fingerprint density at radius 3 is 2.32 bits per heavy atom. The number of rotatable bonds is 5. The largest absolute Gasteiger partial charge is 0.480 e. The van der Waals surface area contributed by atoms with Crippen molar-refractivity contribution >= 4 is 69.9 Å². The molecule has 3 aromatic carbocycles. The van der Waals surface area contributed by atoms with Gasteiger partial charge in [0.15, 0.2) is 0 Å². The molecule has 2 amide bonds. The minimum Gasteiger partial charge on any atom is -0.480 e. The highest BCUT2D eigenvalue weighted by Crippen LogP contribution is 2.53. The van der Waals surface area contributed by atoms with Gasteiger partial charge < -0.3 is 5.11 Å². The van der Waals surface area contributed by atoms with Crippen LogP contribution in [0.15, 0.2) is 60.7 Å². The third-order valence-corrected chi connectivity index (χ3v) is 8.57. The first-order valence-electron chi connectivity index (χ1n) is 11.4. The lowest BCUT2D eigenvalue weighted by Crippen LogP contribution is -2.57. The summed E-state index contributed by atoms with van der Waals surface area (Å²) in [6.07, 6.45) is -0.0474. The smallest absolute Gasteiger partial charge is 0.325 e. The van der Waals surface area contributed by atoms with Crippen molar-refractivity contribution in [1.29, 1.82) is 0 Å². The minimum absolute atomic E-state index is 0.0474. The number of aliphatic carboxylic acids is 1. The summed E-state index contributed by atoms with van der Waals surface area (Å²) in [6.45, 7) is 1.80. The molecule has 4 atom stereocenters. The fraction of sp³-hybridized carbons (Fsp3) is 0.222. The van der Waals surface area contributed by atoms with Crippen molar-refractivity contribution in [3.63, 3.8) is 0 Å². The van der Waals surface area contributed by atoms with Crippen LogP contribution < -0.4 is 10.2 Å². The van der Waals surface area contributed by atoms with Gasteiger partial charge in [0, 0.05) is 22.5 Å². The summed E-state index contributed by atoms with van der Waals surface area (Å²) in [5, 5.41) is 14.6. The number of fused-ring (bicyclic) bond motifs is 1. The maximum Gasteiger partial charge on any atom is 0.325 e. The van der Waals surface area contributed by atoms with Gasteiger partial charge in [-0.2, -0.15) is 0 Å². The van der Waals surface area contributed by atoms with Gasteiger partial charge in [-0.1, -0.05) is 82.8 Å². The monoisotopic (exact) mass is 576 g/mol. The molecular formula is C27H20Cl4N2O4. The topological polar surface area (TPSA) is 86.7 Å². The number of hydrogen-bond donors (Lipinski definition) is 2. The SMILES string of the molecule is Cc1ccc(N2C(=O)C3C(c4cc(Cl)cc(Cl)c4Cl)NC(Cc4ccccc4)(C(=O)O)C3C2=O)cc1Cl.